The number of aliphatic imine (C=N–C) groups is 3. The Balaban J connectivity index is 1.63. The highest BCUT2D eigenvalue weighted by Gasteiger charge is 2.38. The molecule has 1 aromatic heterocycles. The van der Waals surface area contributed by atoms with E-state index >= 15 is 0 Å². The van der Waals surface area contributed by atoms with Gasteiger partial charge in [-0.05, 0) is 97.8 Å². The molecule has 0 unspecified atom stereocenters. The van der Waals surface area contributed by atoms with Gasteiger partial charge in [0, 0.05) is 29.8 Å². The third kappa shape index (κ3) is 4.16. The van der Waals surface area contributed by atoms with Crippen molar-refractivity contribution >= 4 is 35.3 Å². The third-order valence-electron chi connectivity index (χ3n) is 8.81. The number of hydrogen-bond acceptors (Lipinski definition) is 7. The number of aromatic nitrogens is 1. The lowest BCUT2D eigenvalue weighted by Crippen LogP contribution is -2.13. The summed E-state index contributed by atoms with van der Waals surface area (Å²) in [6.45, 7) is 10.1. The van der Waals surface area contributed by atoms with Crippen molar-refractivity contribution in [2.45, 2.75) is 60.3 Å². The molecule has 0 saturated carbocycles. The number of aliphatic hydroxyl groups excluding tert-OH is 2. The van der Waals surface area contributed by atoms with Crippen LogP contribution < -0.4 is 0 Å². The van der Waals surface area contributed by atoms with E-state index in [4.69, 9.17) is 19.7 Å². The maximum atomic E-state index is 12.1. The first kappa shape index (κ1) is 26.9. The van der Waals surface area contributed by atoms with E-state index < -0.39 is 0 Å². The highest BCUT2D eigenvalue weighted by Crippen LogP contribution is 2.43. The van der Waals surface area contributed by atoms with Crippen molar-refractivity contribution in [3.05, 3.63) is 90.5 Å². The number of carbonyl (C=O) groups excluding carboxylic acids is 1. The molecule has 0 radical (unpaired) electrons. The number of aliphatic hydroxyl groups is 2. The number of carbonyl (C=O) groups is 1. The molecule has 1 aliphatic carbocycles. The van der Waals surface area contributed by atoms with Crippen LogP contribution in [0.4, 0.5) is 0 Å². The summed E-state index contributed by atoms with van der Waals surface area (Å²) in [7, 11) is 1.38. The smallest absolute Gasteiger partial charge is 0.305 e. The summed E-state index contributed by atoms with van der Waals surface area (Å²) >= 11 is 0. The van der Waals surface area contributed by atoms with Gasteiger partial charge in [-0.2, -0.15) is 0 Å². The summed E-state index contributed by atoms with van der Waals surface area (Å²) in [6, 6.07) is 0. The van der Waals surface area contributed by atoms with Gasteiger partial charge in [0.2, 0.25) is 0 Å². The fourth-order valence-electron chi connectivity index (χ4n) is 6.29. The maximum Gasteiger partial charge on any atom is 0.305 e. The molecule has 41 heavy (non-hydrogen) atoms. The van der Waals surface area contributed by atoms with Crippen LogP contribution in [0.5, 0.6) is 0 Å². The van der Waals surface area contributed by atoms with Gasteiger partial charge in [-0.15, -0.1) is 0 Å². The summed E-state index contributed by atoms with van der Waals surface area (Å²) in [6.07, 6.45) is 7.86. The molecule has 0 aromatic carbocycles. The first-order chi connectivity index (χ1) is 19.7. The van der Waals surface area contributed by atoms with E-state index in [2.05, 4.69) is 24.9 Å². The molecule has 4 aliphatic heterocycles. The maximum absolute atomic E-state index is 12.1. The predicted octanol–water partition coefficient (Wildman–Crippen LogP) is 5.94. The molecular weight excluding hydrogens is 516 g/mol. The van der Waals surface area contributed by atoms with Gasteiger partial charge in [-0.25, -0.2) is 15.0 Å². The van der Waals surface area contributed by atoms with Gasteiger partial charge >= 0.3 is 5.97 Å². The number of hydrogen-bond donors (Lipinski definition) is 3. The lowest BCUT2D eigenvalue weighted by Gasteiger charge is -2.10. The molecule has 210 valence electrons. The Morgan fingerprint density at radius 2 is 1.63 bits per heavy atom. The fourth-order valence-corrected chi connectivity index (χ4v) is 6.29. The standard InChI is InChI=1S/C33H34N4O4/c1-7-19-15(2)24-12-28-22(14-38)18(5)23(35-28)11-25-16(3)20(8-9-30(40)41-6)32(36-25)31-29(39)10-21-17(4)26(37-33(21)31)13-27(19)34-24/h11-13,34,38-39H,7-10,14H2,1-6H3. The minimum atomic E-state index is -0.307. The van der Waals surface area contributed by atoms with E-state index in [-0.39, 0.29) is 24.8 Å². The Hall–Kier alpha value is -4.30. The van der Waals surface area contributed by atoms with Gasteiger partial charge in [0.25, 0.3) is 0 Å². The van der Waals surface area contributed by atoms with Crippen LogP contribution in [0.3, 0.4) is 0 Å². The normalized spacial score (nSPS) is 19.6. The number of allylic oxidation sites excluding steroid dienone is 7. The molecule has 0 saturated heterocycles. The number of nitrogens with zero attached hydrogens (tertiary/aromatic N) is 3. The molecule has 5 aliphatic rings. The molecule has 6 rings (SSSR count). The van der Waals surface area contributed by atoms with Gasteiger partial charge < -0.3 is 19.9 Å². The third-order valence-corrected chi connectivity index (χ3v) is 8.81. The molecule has 0 fully saturated rings. The average Bonchev–Trinajstić information content (AvgIpc) is 3.69. The van der Waals surface area contributed by atoms with Crippen LogP contribution in [0.1, 0.15) is 69.5 Å². The second kappa shape index (κ2) is 9.96. The number of rotatable bonds is 5. The molecule has 3 N–H and O–H groups in total. The Morgan fingerprint density at radius 3 is 2.34 bits per heavy atom. The summed E-state index contributed by atoms with van der Waals surface area (Å²) in [5.41, 5.74) is 14.7. The number of ether oxygens (including phenoxy) is 1. The first-order valence-corrected chi connectivity index (χ1v) is 14.0. The molecule has 0 amide bonds. The number of nitrogens with one attached hydrogen (secondary N) is 1. The van der Waals surface area contributed by atoms with Crippen LogP contribution in [-0.4, -0.2) is 52.0 Å². The van der Waals surface area contributed by atoms with Gasteiger partial charge in [-0.1, -0.05) is 6.92 Å². The molecule has 8 bridgehead atoms. The van der Waals surface area contributed by atoms with E-state index in [1.54, 1.807) is 0 Å². The Kier molecular flexibility index (Phi) is 6.53. The fraction of sp³-hybridized carbons (Fsp3) is 0.333. The van der Waals surface area contributed by atoms with Crippen LogP contribution in [-0.2, 0) is 16.0 Å². The van der Waals surface area contributed by atoms with Crippen molar-refractivity contribution < 1.29 is 19.7 Å². The molecule has 1 aromatic rings. The van der Waals surface area contributed by atoms with E-state index in [9.17, 15) is 15.0 Å². The average molecular weight is 551 g/mol. The van der Waals surface area contributed by atoms with Crippen molar-refractivity contribution in [1.82, 2.24) is 4.98 Å². The molecule has 0 atom stereocenters. The lowest BCUT2D eigenvalue weighted by atomic mass is 9.93. The monoisotopic (exact) mass is 550 g/mol. The topological polar surface area (TPSA) is 120 Å². The van der Waals surface area contributed by atoms with Crippen molar-refractivity contribution in [1.29, 1.82) is 0 Å². The van der Waals surface area contributed by atoms with E-state index in [0.29, 0.717) is 35.5 Å². The van der Waals surface area contributed by atoms with E-state index in [1.165, 1.54) is 12.7 Å². The zero-order valence-corrected chi connectivity index (χ0v) is 24.3. The minimum Gasteiger partial charge on any atom is -0.511 e. The summed E-state index contributed by atoms with van der Waals surface area (Å²) in [5.74, 6) is -0.0747. The van der Waals surface area contributed by atoms with Crippen molar-refractivity contribution in [2.75, 3.05) is 13.7 Å². The van der Waals surface area contributed by atoms with Crippen molar-refractivity contribution in [3.8, 4) is 0 Å². The van der Waals surface area contributed by atoms with Gasteiger partial charge in [0.1, 0.15) is 5.76 Å². The van der Waals surface area contributed by atoms with Crippen LogP contribution in [0.25, 0.3) is 12.2 Å². The second-order valence-corrected chi connectivity index (χ2v) is 11.0. The first-order valence-electron chi connectivity index (χ1n) is 14.0. The van der Waals surface area contributed by atoms with Gasteiger partial charge in [0.15, 0.2) is 0 Å². The van der Waals surface area contributed by atoms with Crippen LogP contribution in [0, 0.1) is 6.92 Å². The molecule has 8 heteroatoms. The summed E-state index contributed by atoms with van der Waals surface area (Å²) < 4.78 is 4.92. The Bertz CT molecular complexity index is 1760. The zero-order chi connectivity index (χ0) is 29.2. The van der Waals surface area contributed by atoms with Crippen molar-refractivity contribution in [3.63, 3.8) is 0 Å². The SMILES string of the molecule is CCc1c2[nH]c(c1C)C=C1N=C(C=C3N=C(C(CCC(=O)OC)=C3C)C3=C(O)CC4=C(C)C(=C2)N=C43)C(C)=C1CO. The minimum absolute atomic E-state index is 0.135. The van der Waals surface area contributed by atoms with E-state index in [1.807, 2.05) is 32.9 Å². The number of aromatic amines is 1. The Morgan fingerprint density at radius 1 is 0.927 bits per heavy atom. The van der Waals surface area contributed by atoms with Crippen LogP contribution in [0.2, 0.25) is 0 Å². The number of esters is 1. The van der Waals surface area contributed by atoms with Gasteiger partial charge in [0.05, 0.1) is 53.5 Å². The van der Waals surface area contributed by atoms with Gasteiger partial charge in [-0.3, -0.25) is 4.79 Å². The Labute approximate surface area is 239 Å². The molecule has 0 spiro atoms. The van der Waals surface area contributed by atoms with Crippen LogP contribution >= 0.6 is 0 Å². The highest BCUT2D eigenvalue weighted by atomic mass is 16.5. The van der Waals surface area contributed by atoms with E-state index in [0.717, 1.165) is 73.9 Å². The summed E-state index contributed by atoms with van der Waals surface area (Å²) in [4.78, 5) is 30.7. The quantitative estimate of drug-likeness (QED) is 0.393. The number of H-pyrrole nitrogens is 1. The molecule has 8 nitrogen and oxygen atoms in total. The lowest BCUT2D eigenvalue weighted by molar-refractivity contribution is -0.140. The number of fused-ring (bicyclic) bond motifs is 6. The van der Waals surface area contributed by atoms with Crippen molar-refractivity contribution in [2.24, 2.45) is 15.0 Å². The second-order valence-electron chi connectivity index (χ2n) is 11.0. The zero-order valence-electron chi connectivity index (χ0n) is 24.3. The van der Waals surface area contributed by atoms with Crippen LogP contribution in [0.15, 0.2) is 82.9 Å². The largest absolute Gasteiger partial charge is 0.511 e. The molecular formula is C33H34N4O4. The highest BCUT2D eigenvalue weighted by molar-refractivity contribution is 6.38. The number of methoxy groups -OCH3 is 1. The summed E-state index contributed by atoms with van der Waals surface area (Å²) in [5, 5.41) is 21.5. The molecule has 5 heterocycles. The predicted molar refractivity (Wildman–Crippen MR) is 162 cm³/mol.